The fourth-order valence-electron chi connectivity index (χ4n) is 3.32. The molecule has 3 aromatic heterocycles. The number of nitrogens with zero attached hydrogens (tertiary/aromatic N) is 5. The maximum absolute atomic E-state index is 4.78. The summed E-state index contributed by atoms with van der Waals surface area (Å²) in [5, 5.41) is 10.3. The lowest BCUT2D eigenvalue weighted by molar-refractivity contribution is 0.588. The van der Waals surface area contributed by atoms with Crippen LogP contribution in [0.5, 0.6) is 0 Å². The molecule has 0 aliphatic carbocycles. The first-order valence-corrected chi connectivity index (χ1v) is 9.63. The van der Waals surface area contributed by atoms with Crippen molar-refractivity contribution in [3.8, 4) is 28.5 Å². The van der Waals surface area contributed by atoms with E-state index in [1.54, 1.807) is 11.3 Å². The van der Waals surface area contributed by atoms with Gasteiger partial charge in [-0.1, -0.05) is 12.1 Å². The van der Waals surface area contributed by atoms with E-state index in [0.29, 0.717) is 0 Å². The smallest absolute Gasteiger partial charge is 0.165 e. The van der Waals surface area contributed by atoms with Crippen molar-refractivity contribution in [3.05, 3.63) is 59.3 Å². The Balaban J connectivity index is 0.00000180. The molecule has 4 heterocycles. The topological polar surface area (TPSA) is 60.6 Å². The number of hydrogen-bond acceptors (Lipinski definition) is 5. The number of fused-ring (bicyclic) bond motifs is 1. The standard InChI is InChI=1S/C19H18N6S.ClH/c1-6-20-11-16-10-17(23-25(16)8-1)19-21-7-9-24(19)15-4-2-14(3-5-15)18-12-26-13-22-18;/h2-5,7,9-10,12-13,20H,1,6,8,11H2;1H. The molecular weight excluding hydrogens is 380 g/mol. The molecule has 0 fully saturated rings. The Hall–Kier alpha value is -2.48. The largest absolute Gasteiger partial charge is 0.311 e. The van der Waals surface area contributed by atoms with Gasteiger partial charge in [0.15, 0.2) is 5.82 Å². The molecule has 27 heavy (non-hydrogen) atoms. The molecule has 0 spiro atoms. The van der Waals surface area contributed by atoms with Gasteiger partial charge in [0.2, 0.25) is 0 Å². The molecule has 1 aliphatic rings. The fourth-order valence-corrected chi connectivity index (χ4v) is 3.88. The number of aromatic nitrogens is 5. The van der Waals surface area contributed by atoms with Crippen LogP contribution in [0, 0.1) is 0 Å². The van der Waals surface area contributed by atoms with Gasteiger partial charge in [0.05, 0.1) is 16.9 Å². The van der Waals surface area contributed by atoms with Crippen LogP contribution in [0.4, 0.5) is 0 Å². The predicted octanol–water partition coefficient (Wildman–Crippen LogP) is 3.77. The second kappa shape index (κ2) is 7.64. The summed E-state index contributed by atoms with van der Waals surface area (Å²) < 4.78 is 4.18. The zero-order valence-electron chi connectivity index (χ0n) is 14.6. The summed E-state index contributed by atoms with van der Waals surface area (Å²) in [5.74, 6) is 0.868. The highest BCUT2D eigenvalue weighted by atomic mass is 35.5. The van der Waals surface area contributed by atoms with Gasteiger partial charge in [-0.25, -0.2) is 9.97 Å². The van der Waals surface area contributed by atoms with Crippen molar-refractivity contribution >= 4 is 23.7 Å². The summed E-state index contributed by atoms with van der Waals surface area (Å²) in [7, 11) is 0. The van der Waals surface area contributed by atoms with Crippen molar-refractivity contribution in [2.24, 2.45) is 0 Å². The van der Waals surface area contributed by atoms with Crippen LogP contribution in [-0.2, 0) is 13.1 Å². The van der Waals surface area contributed by atoms with E-state index in [4.69, 9.17) is 5.10 Å². The van der Waals surface area contributed by atoms with Gasteiger partial charge in [-0.3, -0.25) is 9.25 Å². The van der Waals surface area contributed by atoms with E-state index >= 15 is 0 Å². The molecule has 0 saturated carbocycles. The van der Waals surface area contributed by atoms with Crippen molar-refractivity contribution in [1.82, 2.24) is 29.6 Å². The molecule has 0 radical (unpaired) electrons. The van der Waals surface area contributed by atoms with Crippen molar-refractivity contribution in [2.75, 3.05) is 6.54 Å². The number of halogens is 1. The Morgan fingerprint density at radius 3 is 2.78 bits per heavy atom. The normalized spacial score (nSPS) is 13.6. The Kier molecular flexibility index (Phi) is 5.07. The molecule has 6 nitrogen and oxygen atoms in total. The van der Waals surface area contributed by atoms with Gasteiger partial charge in [-0.2, -0.15) is 5.10 Å². The van der Waals surface area contributed by atoms with Crippen molar-refractivity contribution < 1.29 is 0 Å². The van der Waals surface area contributed by atoms with Crippen LogP contribution in [0.25, 0.3) is 28.5 Å². The predicted molar refractivity (Wildman–Crippen MR) is 109 cm³/mol. The Bertz CT molecular complexity index is 996. The van der Waals surface area contributed by atoms with E-state index in [0.717, 1.165) is 54.5 Å². The molecule has 5 rings (SSSR count). The van der Waals surface area contributed by atoms with Gasteiger partial charge in [-0.15, -0.1) is 23.7 Å². The van der Waals surface area contributed by atoms with Gasteiger partial charge in [-0.05, 0) is 31.2 Å². The minimum absolute atomic E-state index is 0. The van der Waals surface area contributed by atoms with Gasteiger partial charge in [0, 0.05) is 42.1 Å². The molecule has 8 heteroatoms. The molecule has 0 unspecified atom stereocenters. The van der Waals surface area contributed by atoms with Crippen LogP contribution < -0.4 is 5.32 Å². The van der Waals surface area contributed by atoms with Crippen LogP contribution in [0.3, 0.4) is 0 Å². The lowest BCUT2D eigenvalue weighted by Crippen LogP contribution is -2.11. The van der Waals surface area contributed by atoms with Crippen LogP contribution in [0.15, 0.2) is 53.6 Å². The Morgan fingerprint density at radius 2 is 1.96 bits per heavy atom. The zero-order valence-corrected chi connectivity index (χ0v) is 16.2. The molecule has 138 valence electrons. The first-order valence-electron chi connectivity index (χ1n) is 8.69. The summed E-state index contributed by atoms with van der Waals surface area (Å²) in [6.45, 7) is 2.85. The minimum Gasteiger partial charge on any atom is -0.311 e. The molecule has 0 bridgehead atoms. The number of hydrogen-bond donors (Lipinski definition) is 1. The number of aryl methyl sites for hydroxylation is 1. The molecule has 1 aliphatic heterocycles. The zero-order chi connectivity index (χ0) is 17.3. The lowest BCUT2D eigenvalue weighted by Gasteiger charge is -2.07. The van der Waals surface area contributed by atoms with Crippen LogP contribution >= 0.6 is 23.7 Å². The third-order valence-corrected chi connectivity index (χ3v) is 5.22. The van der Waals surface area contributed by atoms with Crippen LogP contribution in [0.1, 0.15) is 12.1 Å². The average molecular weight is 399 g/mol. The Labute approximate surface area is 167 Å². The SMILES string of the molecule is Cl.c1cn(-c2ccc(-c3cscn3)cc2)c(-c2cc3n(n2)CCCNC3)n1. The van der Waals surface area contributed by atoms with E-state index in [1.807, 2.05) is 17.9 Å². The average Bonchev–Trinajstić information content (AvgIpc) is 3.41. The number of rotatable bonds is 3. The summed E-state index contributed by atoms with van der Waals surface area (Å²) in [4.78, 5) is 8.93. The summed E-state index contributed by atoms with van der Waals surface area (Å²) in [6.07, 6.45) is 4.91. The summed E-state index contributed by atoms with van der Waals surface area (Å²) in [5.41, 5.74) is 7.18. The van der Waals surface area contributed by atoms with Crippen molar-refractivity contribution in [1.29, 1.82) is 0 Å². The highest BCUT2D eigenvalue weighted by Gasteiger charge is 2.16. The maximum Gasteiger partial charge on any atom is 0.165 e. The third-order valence-electron chi connectivity index (χ3n) is 4.64. The van der Waals surface area contributed by atoms with Crippen molar-refractivity contribution in [2.45, 2.75) is 19.5 Å². The molecule has 0 atom stereocenters. The first kappa shape index (κ1) is 17.9. The van der Waals surface area contributed by atoms with Crippen LogP contribution in [0.2, 0.25) is 0 Å². The number of thiazole rings is 1. The number of imidazole rings is 1. The molecule has 0 amide bonds. The molecule has 0 saturated heterocycles. The van der Waals surface area contributed by atoms with Gasteiger partial charge in [0.1, 0.15) is 5.69 Å². The van der Waals surface area contributed by atoms with Gasteiger partial charge in [0.25, 0.3) is 0 Å². The second-order valence-electron chi connectivity index (χ2n) is 6.32. The second-order valence-corrected chi connectivity index (χ2v) is 7.03. The first-order chi connectivity index (χ1) is 12.9. The van der Waals surface area contributed by atoms with Gasteiger partial charge >= 0.3 is 0 Å². The van der Waals surface area contributed by atoms with E-state index in [2.05, 4.69) is 60.2 Å². The monoisotopic (exact) mass is 398 g/mol. The van der Waals surface area contributed by atoms with E-state index in [1.165, 1.54) is 5.69 Å². The highest BCUT2D eigenvalue weighted by Crippen LogP contribution is 2.25. The van der Waals surface area contributed by atoms with E-state index in [-0.39, 0.29) is 12.4 Å². The molecular formula is C19H19ClN6S. The lowest BCUT2D eigenvalue weighted by atomic mass is 10.1. The minimum atomic E-state index is 0. The quantitative estimate of drug-likeness (QED) is 0.570. The molecule has 1 N–H and O–H groups in total. The Morgan fingerprint density at radius 1 is 1.07 bits per heavy atom. The van der Waals surface area contributed by atoms with Crippen molar-refractivity contribution in [3.63, 3.8) is 0 Å². The molecule has 4 aromatic rings. The maximum atomic E-state index is 4.78. The summed E-state index contributed by atoms with van der Waals surface area (Å²) in [6, 6.07) is 10.5. The number of nitrogens with one attached hydrogen (secondary N) is 1. The van der Waals surface area contributed by atoms with E-state index in [9.17, 15) is 0 Å². The van der Waals surface area contributed by atoms with E-state index < -0.39 is 0 Å². The highest BCUT2D eigenvalue weighted by molar-refractivity contribution is 7.07. The fraction of sp³-hybridized carbons (Fsp3) is 0.211. The third kappa shape index (κ3) is 3.41. The number of benzene rings is 1. The van der Waals surface area contributed by atoms with Gasteiger partial charge < -0.3 is 5.32 Å². The molecule has 1 aromatic carbocycles. The summed E-state index contributed by atoms with van der Waals surface area (Å²) >= 11 is 1.61. The van der Waals surface area contributed by atoms with Crippen LogP contribution in [-0.4, -0.2) is 30.9 Å².